The van der Waals surface area contributed by atoms with E-state index in [1.165, 1.54) is 0 Å². The maximum Gasteiger partial charge on any atom is 2.00 e. The zero-order chi connectivity index (χ0) is 0. The molecule has 0 aromatic carbocycles. The first-order valence-corrected chi connectivity index (χ1v) is 0. The second-order valence-electron chi connectivity index (χ2n) is 0. The van der Waals surface area contributed by atoms with Gasteiger partial charge in [-0.2, -0.15) is 0 Å². The third kappa shape index (κ3) is 10.7. The third-order valence-electron chi connectivity index (χ3n) is 0. The van der Waals surface area contributed by atoms with Gasteiger partial charge in [-0.05, 0) is 0 Å². The summed E-state index contributed by atoms with van der Waals surface area (Å²) >= 11 is 0. The average Bonchev–Trinajstić information content (AvgIpc) is 0. The molecule has 0 saturated heterocycles. The smallest absolute Gasteiger partial charge is 1.00 e. The summed E-state index contributed by atoms with van der Waals surface area (Å²) in [4.78, 5) is 0. The van der Waals surface area contributed by atoms with Crippen LogP contribution in [0.15, 0.2) is 0 Å². The number of rotatable bonds is 0. The Morgan fingerprint density at radius 1 is 1.25 bits per heavy atom. The molecule has 0 amide bonds. The molecule has 0 radical (unpaired) electrons. The van der Waals surface area contributed by atoms with Crippen molar-refractivity contribution in [3.8, 4) is 0 Å². The molecule has 0 aliphatic heterocycles. The van der Waals surface area contributed by atoms with Crippen molar-refractivity contribution in [2.45, 2.75) is 0 Å². The van der Waals surface area contributed by atoms with Gasteiger partial charge in [-0.1, -0.05) is 0 Å². The van der Waals surface area contributed by atoms with E-state index in [0.29, 0.717) is 0 Å². The molecule has 0 aromatic rings. The summed E-state index contributed by atoms with van der Waals surface area (Å²) < 4.78 is 0. The van der Waals surface area contributed by atoms with Crippen molar-refractivity contribution >= 4 is 40.4 Å². The Morgan fingerprint density at radius 3 is 1.25 bits per heavy atom. The van der Waals surface area contributed by atoms with E-state index in [2.05, 4.69) is 0 Å². The summed E-state index contributed by atoms with van der Waals surface area (Å²) in [5.41, 5.74) is 0. The zero-order valence-electron chi connectivity index (χ0n) is 3.91. The van der Waals surface area contributed by atoms with Crippen LogP contribution in [0.3, 0.4) is 0 Å². The van der Waals surface area contributed by atoms with Gasteiger partial charge in [0.1, 0.15) is 0 Å². The van der Waals surface area contributed by atoms with E-state index in [1.54, 1.807) is 0 Å². The quantitative estimate of drug-likeness (QED) is 0.344. The molecule has 0 aliphatic carbocycles. The maximum atomic E-state index is 0. The van der Waals surface area contributed by atoms with Gasteiger partial charge < -0.3 is 14.5 Å². The molecule has 0 unspecified atom stereocenters. The largest absolute Gasteiger partial charge is 2.00 e. The first-order chi connectivity index (χ1) is 0. The molecule has 0 bridgehead atoms. The molecule has 4 heavy (non-hydrogen) atoms. The average molecular weight is 91.4 g/mol. The molecular weight excluding hydrogens is 81.3 g/mol. The molecular formula is H10AlMgNO. The van der Waals surface area contributed by atoms with Crippen molar-refractivity contribution in [1.29, 1.82) is 0 Å². The molecule has 0 spiro atoms. The first-order valence-electron chi connectivity index (χ1n) is 0. The van der Waals surface area contributed by atoms with E-state index in [0.717, 1.165) is 0 Å². The van der Waals surface area contributed by atoms with Crippen LogP contribution in [0.1, 0.15) is 2.85 Å². The Balaban J connectivity index is 0. The van der Waals surface area contributed by atoms with Crippen molar-refractivity contribution in [1.82, 2.24) is 6.15 Å². The summed E-state index contributed by atoms with van der Waals surface area (Å²) in [6.45, 7) is 0. The molecule has 0 atom stereocenters. The summed E-state index contributed by atoms with van der Waals surface area (Å²) in [6, 6.07) is 0. The van der Waals surface area contributed by atoms with Gasteiger partial charge in [0.15, 0.2) is 17.4 Å². The van der Waals surface area contributed by atoms with Crippen LogP contribution in [0.25, 0.3) is 0 Å². The van der Waals surface area contributed by atoms with E-state index < -0.39 is 0 Å². The summed E-state index contributed by atoms with van der Waals surface area (Å²) in [7, 11) is 0. The number of hydrogen-bond donors (Lipinski definition) is 1. The van der Waals surface area contributed by atoms with Gasteiger partial charge in [0.05, 0.1) is 0 Å². The maximum absolute atomic E-state index is 0. The second kappa shape index (κ2) is 29.4. The Labute approximate surface area is 55.1 Å². The van der Waals surface area contributed by atoms with E-state index in [9.17, 15) is 0 Å². The van der Waals surface area contributed by atoms with Gasteiger partial charge in [0.25, 0.3) is 0 Å². The van der Waals surface area contributed by atoms with E-state index in [1.807, 2.05) is 0 Å². The SMILES string of the molecule is N.O.[AlH3].[H-].[H-].[Mg+2]. The predicted octanol–water partition coefficient (Wildman–Crippen LogP) is -2.00. The van der Waals surface area contributed by atoms with E-state index >= 15 is 0 Å². The first kappa shape index (κ1) is 62.5. The van der Waals surface area contributed by atoms with Crippen LogP contribution < -0.4 is 6.15 Å². The van der Waals surface area contributed by atoms with Crippen molar-refractivity contribution in [3.63, 3.8) is 0 Å². The molecule has 4 heteroatoms. The summed E-state index contributed by atoms with van der Waals surface area (Å²) in [6.07, 6.45) is 0. The minimum absolute atomic E-state index is 0. The molecule has 2 nitrogen and oxygen atoms in total. The minimum Gasteiger partial charge on any atom is -1.00 e. The zero-order valence-corrected chi connectivity index (χ0v) is 3.33. The standard InChI is InChI=1S/Al.Mg.H3N.H2O.5H/h;;1H3;1H2;;;;;/q;+2;;;;;;2*-1. The fourth-order valence-corrected chi connectivity index (χ4v) is 0. The van der Waals surface area contributed by atoms with Gasteiger partial charge in [0.2, 0.25) is 0 Å². The molecule has 0 heterocycles. The van der Waals surface area contributed by atoms with Crippen LogP contribution in [0.4, 0.5) is 0 Å². The summed E-state index contributed by atoms with van der Waals surface area (Å²) in [5.74, 6) is 0. The van der Waals surface area contributed by atoms with Crippen molar-refractivity contribution in [3.05, 3.63) is 0 Å². The van der Waals surface area contributed by atoms with Gasteiger partial charge in [-0.15, -0.1) is 0 Å². The van der Waals surface area contributed by atoms with Crippen LogP contribution in [-0.4, -0.2) is 45.9 Å². The van der Waals surface area contributed by atoms with Gasteiger partial charge in [-0.3, -0.25) is 0 Å². The monoisotopic (exact) mass is 91.0 g/mol. The van der Waals surface area contributed by atoms with Crippen LogP contribution in [0, 0.1) is 0 Å². The van der Waals surface area contributed by atoms with Crippen LogP contribution in [0.2, 0.25) is 0 Å². The molecule has 0 aromatic heterocycles. The molecule has 0 saturated carbocycles. The van der Waals surface area contributed by atoms with E-state index in [4.69, 9.17) is 0 Å². The van der Waals surface area contributed by atoms with E-state index in [-0.39, 0.29) is 54.9 Å². The fraction of sp³-hybridized carbons (Fsp3) is 0. The van der Waals surface area contributed by atoms with Crippen molar-refractivity contribution < 1.29 is 8.33 Å². The Kier molecular flexibility index (Phi) is 460. The van der Waals surface area contributed by atoms with Crippen LogP contribution in [-0.2, 0) is 0 Å². The number of hydrogen-bond acceptors (Lipinski definition) is 1. The Morgan fingerprint density at radius 2 is 1.25 bits per heavy atom. The normalized spacial score (nSPS) is 0. The van der Waals surface area contributed by atoms with Gasteiger partial charge in [-0.25, -0.2) is 0 Å². The van der Waals surface area contributed by atoms with Crippen molar-refractivity contribution in [2.24, 2.45) is 0 Å². The second-order valence-corrected chi connectivity index (χ2v) is 0. The summed E-state index contributed by atoms with van der Waals surface area (Å²) in [5, 5.41) is 0. The van der Waals surface area contributed by atoms with Crippen LogP contribution >= 0.6 is 0 Å². The topological polar surface area (TPSA) is 66.5 Å². The Hall–Kier alpha value is 1.22. The molecule has 0 rings (SSSR count). The molecule has 0 fully saturated rings. The predicted molar refractivity (Wildman–Crippen MR) is 26.6 cm³/mol. The van der Waals surface area contributed by atoms with Gasteiger partial charge >= 0.3 is 23.1 Å². The molecule has 5 N–H and O–H groups in total. The molecule has 0 aliphatic rings. The fourth-order valence-electron chi connectivity index (χ4n) is 0. The van der Waals surface area contributed by atoms with Crippen molar-refractivity contribution in [2.75, 3.05) is 0 Å². The molecule has 26 valence electrons. The Bertz CT molecular complexity index is 13.5. The third-order valence-corrected chi connectivity index (χ3v) is 0. The van der Waals surface area contributed by atoms with Gasteiger partial charge in [0, 0.05) is 0 Å². The minimum atomic E-state index is 0. The van der Waals surface area contributed by atoms with Crippen LogP contribution in [0.5, 0.6) is 0 Å².